The van der Waals surface area contributed by atoms with Gasteiger partial charge in [-0.3, -0.25) is 4.79 Å². The van der Waals surface area contributed by atoms with Crippen molar-refractivity contribution in [3.63, 3.8) is 0 Å². The van der Waals surface area contributed by atoms with E-state index in [0.717, 1.165) is 12.8 Å². The van der Waals surface area contributed by atoms with Gasteiger partial charge < -0.3 is 10.4 Å². The summed E-state index contributed by atoms with van der Waals surface area (Å²) in [5, 5.41) is 11.6. The van der Waals surface area contributed by atoms with Crippen molar-refractivity contribution in [3.05, 3.63) is 0 Å². The number of carboxylic acid groups (broad SMARTS) is 1. The van der Waals surface area contributed by atoms with Crippen LogP contribution in [0, 0.1) is 0 Å². The molecule has 0 aromatic rings. The highest BCUT2D eigenvalue weighted by atomic mass is 16.4. The summed E-state index contributed by atoms with van der Waals surface area (Å²) in [6.07, 6.45) is 1.96. The molecule has 0 rings (SSSR count). The van der Waals surface area contributed by atoms with E-state index in [1.165, 1.54) is 0 Å². The van der Waals surface area contributed by atoms with Crippen LogP contribution in [0.15, 0.2) is 0 Å². The molecule has 66 valence electrons. The Morgan fingerprint density at radius 2 is 1.91 bits per heavy atom. The van der Waals surface area contributed by atoms with Gasteiger partial charge in [0.05, 0.1) is 0 Å². The molecule has 0 amide bonds. The summed E-state index contributed by atoms with van der Waals surface area (Å²) in [6, 6.07) is -0.0963. The fourth-order valence-electron chi connectivity index (χ4n) is 0.949. The van der Waals surface area contributed by atoms with Crippen molar-refractivity contribution in [3.8, 4) is 0 Å². The molecule has 11 heavy (non-hydrogen) atoms. The van der Waals surface area contributed by atoms with Crippen molar-refractivity contribution in [2.24, 2.45) is 0 Å². The molecule has 0 aromatic carbocycles. The second-order valence-corrected chi connectivity index (χ2v) is 2.74. The van der Waals surface area contributed by atoms with Crippen molar-refractivity contribution < 1.29 is 9.90 Å². The Kier molecular flexibility index (Phi) is 4.86. The van der Waals surface area contributed by atoms with Gasteiger partial charge in [0.15, 0.2) is 0 Å². The van der Waals surface area contributed by atoms with Crippen molar-refractivity contribution >= 4 is 5.97 Å². The second kappa shape index (κ2) is 5.13. The number of aliphatic carboxylic acids is 1. The lowest BCUT2D eigenvalue weighted by Gasteiger charge is -2.17. The first-order chi connectivity index (χ1) is 5.11. The summed E-state index contributed by atoms with van der Waals surface area (Å²) in [5.41, 5.74) is 0. The van der Waals surface area contributed by atoms with Crippen LogP contribution in [0.3, 0.4) is 0 Å². The Bertz CT molecular complexity index is 121. The van der Waals surface area contributed by atoms with Crippen LogP contribution < -0.4 is 5.32 Å². The normalized spacial score (nSPS) is 13.5. The molecule has 0 aliphatic carbocycles. The van der Waals surface area contributed by atoms with Crippen LogP contribution in [-0.4, -0.2) is 23.2 Å². The summed E-state index contributed by atoms with van der Waals surface area (Å²) >= 11 is 0. The van der Waals surface area contributed by atoms with E-state index in [1.807, 2.05) is 0 Å². The van der Waals surface area contributed by atoms with E-state index in [1.54, 1.807) is 6.92 Å². The van der Waals surface area contributed by atoms with E-state index < -0.39 is 12.0 Å². The van der Waals surface area contributed by atoms with E-state index >= 15 is 0 Å². The van der Waals surface area contributed by atoms with Crippen LogP contribution in [-0.2, 0) is 4.79 Å². The minimum atomic E-state index is -0.781. The van der Waals surface area contributed by atoms with Crippen LogP contribution in [0.4, 0.5) is 0 Å². The maximum absolute atomic E-state index is 10.4. The average molecular weight is 159 g/mol. The number of hydrogen-bond donors (Lipinski definition) is 2. The van der Waals surface area contributed by atoms with Gasteiger partial charge in [0.2, 0.25) is 0 Å². The zero-order valence-electron chi connectivity index (χ0n) is 7.42. The van der Waals surface area contributed by atoms with Gasteiger partial charge >= 0.3 is 5.97 Å². The molecule has 1 atom stereocenters. The lowest BCUT2D eigenvalue weighted by atomic mass is 10.1. The molecule has 3 nitrogen and oxygen atoms in total. The molecule has 2 N–H and O–H groups in total. The molecule has 0 aliphatic rings. The smallest absolute Gasteiger partial charge is 0.320 e. The van der Waals surface area contributed by atoms with Crippen molar-refractivity contribution in [2.45, 2.75) is 45.7 Å². The highest BCUT2D eigenvalue weighted by Crippen LogP contribution is 1.97. The molecule has 3 heteroatoms. The molecule has 0 radical (unpaired) electrons. The Morgan fingerprint density at radius 1 is 1.45 bits per heavy atom. The third kappa shape index (κ3) is 3.98. The molecular formula is C8H17NO2. The van der Waals surface area contributed by atoms with Crippen molar-refractivity contribution in [1.82, 2.24) is 5.32 Å². The van der Waals surface area contributed by atoms with Gasteiger partial charge in [0.25, 0.3) is 0 Å². The molecule has 0 heterocycles. The summed E-state index contributed by atoms with van der Waals surface area (Å²) in [5.74, 6) is -0.781. The van der Waals surface area contributed by atoms with Crippen LogP contribution in [0.5, 0.6) is 0 Å². The first-order valence-corrected chi connectivity index (χ1v) is 4.10. The lowest BCUT2D eigenvalue weighted by molar-refractivity contribution is -0.139. The fourth-order valence-corrected chi connectivity index (χ4v) is 0.949. The van der Waals surface area contributed by atoms with E-state index in [-0.39, 0.29) is 0 Å². The van der Waals surface area contributed by atoms with E-state index in [9.17, 15) is 4.79 Å². The van der Waals surface area contributed by atoms with E-state index in [0.29, 0.717) is 6.04 Å². The third-order valence-electron chi connectivity index (χ3n) is 1.84. The maximum atomic E-state index is 10.4. The van der Waals surface area contributed by atoms with Gasteiger partial charge in [-0.1, -0.05) is 13.8 Å². The van der Waals surface area contributed by atoms with Crippen LogP contribution in [0.25, 0.3) is 0 Å². The molecule has 0 aliphatic heterocycles. The molecule has 0 spiro atoms. The van der Waals surface area contributed by atoms with Gasteiger partial charge in [0, 0.05) is 6.04 Å². The summed E-state index contributed by atoms with van der Waals surface area (Å²) < 4.78 is 0. The van der Waals surface area contributed by atoms with Gasteiger partial charge in [-0.05, 0) is 19.8 Å². The molecule has 0 saturated heterocycles. The highest BCUT2D eigenvalue weighted by molar-refractivity contribution is 5.72. The highest BCUT2D eigenvalue weighted by Gasteiger charge is 2.13. The van der Waals surface area contributed by atoms with Crippen molar-refractivity contribution in [2.75, 3.05) is 0 Å². The van der Waals surface area contributed by atoms with Crippen molar-refractivity contribution in [1.29, 1.82) is 0 Å². The van der Waals surface area contributed by atoms with Crippen LogP contribution >= 0.6 is 0 Å². The predicted molar refractivity (Wildman–Crippen MR) is 44.6 cm³/mol. The minimum absolute atomic E-state index is 0.334. The quantitative estimate of drug-likeness (QED) is 0.634. The minimum Gasteiger partial charge on any atom is -0.480 e. The SMILES string of the molecule is CCC(CC)N[C@@H](C)C(=O)O. The molecule has 0 fully saturated rings. The lowest BCUT2D eigenvalue weighted by Crippen LogP contribution is -2.40. The largest absolute Gasteiger partial charge is 0.480 e. The van der Waals surface area contributed by atoms with Crippen LogP contribution in [0.1, 0.15) is 33.6 Å². The third-order valence-corrected chi connectivity index (χ3v) is 1.84. The Labute approximate surface area is 67.8 Å². The summed E-state index contributed by atoms with van der Waals surface area (Å²) in [6.45, 7) is 5.77. The Balaban J connectivity index is 3.71. The van der Waals surface area contributed by atoms with Crippen LogP contribution in [0.2, 0.25) is 0 Å². The maximum Gasteiger partial charge on any atom is 0.320 e. The average Bonchev–Trinajstić information content (AvgIpc) is 1.99. The predicted octanol–water partition coefficient (Wildman–Crippen LogP) is 1.24. The number of rotatable bonds is 5. The number of carboxylic acids is 1. The number of hydrogen-bond acceptors (Lipinski definition) is 2. The standard InChI is InChI=1S/C8H17NO2/c1-4-7(5-2)9-6(3)8(10)11/h6-7,9H,4-5H2,1-3H3,(H,10,11)/t6-/m0/s1. The molecule has 0 saturated carbocycles. The summed E-state index contributed by atoms with van der Waals surface area (Å²) in [7, 11) is 0. The number of nitrogens with one attached hydrogen (secondary N) is 1. The second-order valence-electron chi connectivity index (χ2n) is 2.74. The van der Waals surface area contributed by atoms with E-state index in [2.05, 4.69) is 19.2 Å². The fraction of sp³-hybridized carbons (Fsp3) is 0.875. The molecule has 0 unspecified atom stereocenters. The Morgan fingerprint density at radius 3 is 2.18 bits per heavy atom. The first-order valence-electron chi connectivity index (χ1n) is 4.10. The Hall–Kier alpha value is -0.570. The molecule has 0 aromatic heterocycles. The van der Waals surface area contributed by atoms with Gasteiger partial charge in [-0.15, -0.1) is 0 Å². The monoisotopic (exact) mass is 159 g/mol. The van der Waals surface area contributed by atoms with Gasteiger partial charge in [-0.25, -0.2) is 0 Å². The summed E-state index contributed by atoms with van der Waals surface area (Å²) in [4.78, 5) is 10.4. The first kappa shape index (κ1) is 10.4. The molecular weight excluding hydrogens is 142 g/mol. The van der Waals surface area contributed by atoms with E-state index in [4.69, 9.17) is 5.11 Å². The number of carbonyl (C=O) groups is 1. The molecule has 0 bridgehead atoms. The zero-order chi connectivity index (χ0) is 8.85. The van der Waals surface area contributed by atoms with Gasteiger partial charge in [0.1, 0.15) is 6.04 Å². The van der Waals surface area contributed by atoms with Gasteiger partial charge in [-0.2, -0.15) is 0 Å². The topological polar surface area (TPSA) is 49.3 Å². The zero-order valence-corrected chi connectivity index (χ0v) is 7.42.